The lowest BCUT2D eigenvalue weighted by molar-refractivity contribution is -0.140. The first-order valence-corrected chi connectivity index (χ1v) is 16.1. The van der Waals surface area contributed by atoms with Crippen molar-refractivity contribution in [1.82, 2.24) is 10.2 Å². The van der Waals surface area contributed by atoms with Gasteiger partial charge in [-0.15, -0.1) is 0 Å². The van der Waals surface area contributed by atoms with Crippen LogP contribution in [0, 0.1) is 20.8 Å². The Morgan fingerprint density at radius 3 is 2.10 bits per heavy atom. The molecule has 1 N–H and O–H groups in total. The topological polar surface area (TPSA) is 86.8 Å². The number of amides is 2. The molecule has 1 saturated carbocycles. The summed E-state index contributed by atoms with van der Waals surface area (Å²) < 4.78 is 27.4. The van der Waals surface area contributed by atoms with Gasteiger partial charge < -0.3 is 10.2 Å². The summed E-state index contributed by atoms with van der Waals surface area (Å²) in [5.41, 5.74) is 4.85. The fourth-order valence-corrected chi connectivity index (χ4v) is 6.67. The van der Waals surface area contributed by atoms with Gasteiger partial charge in [-0.05, 0) is 55.9 Å². The molecule has 218 valence electrons. The number of nitrogens with one attached hydrogen (secondary N) is 1. The summed E-state index contributed by atoms with van der Waals surface area (Å²) in [5, 5.41) is 3.20. The second-order valence-electron chi connectivity index (χ2n) is 11.2. The van der Waals surface area contributed by atoms with Crippen molar-refractivity contribution in [2.24, 2.45) is 0 Å². The molecule has 1 atom stereocenters. The van der Waals surface area contributed by atoms with E-state index in [1.54, 1.807) is 4.90 Å². The molecule has 41 heavy (non-hydrogen) atoms. The van der Waals surface area contributed by atoms with Crippen LogP contribution in [-0.2, 0) is 32.6 Å². The van der Waals surface area contributed by atoms with Crippen molar-refractivity contribution < 1.29 is 18.0 Å². The van der Waals surface area contributed by atoms with Crippen molar-refractivity contribution in [2.75, 3.05) is 17.1 Å². The van der Waals surface area contributed by atoms with E-state index in [2.05, 4.69) is 5.32 Å². The summed E-state index contributed by atoms with van der Waals surface area (Å²) in [5.74, 6) is -0.637. The number of sulfonamides is 1. The molecule has 0 radical (unpaired) electrons. The number of hydrogen-bond acceptors (Lipinski definition) is 4. The van der Waals surface area contributed by atoms with Gasteiger partial charge in [0.25, 0.3) is 0 Å². The van der Waals surface area contributed by atoms with Crippen LogP contribution in [0.4, 0.5) is 5.69 Å². The van der Waals surface area contributed by atoms with Gasteiger partial charge in [-0.1, -0.05) is 91.2 Å². The monoisotopic (exact) mass is 575 g/mol. The summed E-state index contributed by atoms with van der Waals surface area (Å²) in [7, 11) is -3.81. The quantitative estimate of drug-likeness (QED) is 0.346. The first-order chi connectivity index (χ1) is 19.5. The highest BCUT2D eigenvalue weighted by Gasteiger charge is 2.34. The Hall–Kier alpha value is -3.65. The average molecular weight is 576 g/mol. The van der Waals surface area contributed by atoms with Gasteiger partial charge in [-0.2, -0.15) is 0 Å². The lowest BCUT2D eigenvalue weighted by Gasteiger charge is -2.34. The van der Waals surface area contributed by atoms with Crippen molar-refractivity contribution in [3.63, 3.8) is 0 Å². The van der Waals surface area contributed by atoms with Gasteiger partial charge in [0.1, 0.15) is 12.6 Å². The third kappa shape index (κ3) is 7.97. The SMILES string of the molecule is Cc1cccc(CN(C(=O)CN(c2c(C)cccc2C)S(C)(=O)=O)C(Cc2ccccc2)C(=O)NC2CCCC2)c1. The predicted molar refractivity (Wildman–Crippen MR) is 164 cm³/mol. The lowest BCUT2D eigenvalue weighted by Crippen LogP contribution is -2.54. The average Bonchev–Trinajstić information content (AvgIpc) is 3.43. The fraction of sp³-hybridized carbons (Fsp3) is 0.394. The number of benzene rings is 3. The summed E-state index contributed by atoms with van der Waals surface area (Å²) in [6, 6.07) is 22.3. The Labute approximate surface area is 244 Å². The van der Waals surface area contributed by atoms with Crippen molar-refractivity contribution >= 4 is 27.5 Å². The van der Waals surface area contributed by atoms with Crippen LogP contribution in [0.2, 0.25) is 0 Å². The standard InChI is InChI=1S/C33H41N3O4S/c1-24-12-10-17-28(20-24)22-35(31(37)23-36(41(4,39)40)32-25(2)13-11-14-26(32)3)30(21-27-15-6-5-7-16-27)33(38)34-29-18-8-9-19-29/h5-7,10-17,20,29-30H,8-9,18-19,21-23H2,1-4H3,(H,34,38). The minimum absolute atomic E-state index is 0.0823. The summed E-state index contributed by atoms with van der Waals surface area (Å²) >= 11 is 0. The molecule has 1 aliphatic rings. The van der Waals surface area contributed by atoms with Gasteiger partial charge in [0, 0.05) is 19.0 Å². The Kier molecular flexibility index (Phi) is 9.86. The van der Waals surface area contributed by atoms with Gasteiger partial charge >= 0.3 is 0 Å². The zero-order chi connectivity index (χ0) is 29.6. The summed E-state index contributed by atoms with van der Waals surface area (Å²) in [6.45, 7) is 5.43. The van der Waals surface area contributed by atoms with Crippen molar-refractivity contribution in [3.8, 4) is 0 Å². The van der Waals surface area contributed by atoms with Crippen LogP contribution in [0.1, 0.15) is 53.5 Å². The molecule has 4 rings (SSSR count). The fourth-order valence-electron chi connectivity index (χ4n) is 5.70. The minimum atomic E-state index is -3.81. The van der Waals surface area contributed by atoms with Crippen LogP contribution in [-0.4, -0.2) is 50.0 Å². The normalized spacial score (nSPS) is 14.4. The summed E-state index contributed by atoms with van der Waals surface area (Å²) in [6.07, 6.45) is 5.41. The van der Waals surface area contributed by atoms with Crippen molar-refractivity contribution in [1.29, 1.82) is 0 Å². The van der Waals surface area contributed by atoms with Gasteiger partial charge in [0.15, 0.2) is 0 Å². The molecule has 1 aliphatic carbocycles. The van der Waals surface area contributed by atoms with Gasteiger partial charge in [-0.25, -0.2) is 8.42 Å². The number of hydrogen-bond donors (Lipinski definition) is 1. The van der Waals surface area contributed by atoms with E-state index in [0.29, 0.717) is 12.1 Å². The van der Waals surface area contributed by atoms with Crippen molar-refractivity contribution in [3.05, 3.63) is 101 Å². The maximum atomic E-state index is 14.3. The zero-order valence-corrected chi connectivity index (χ0v) is 25.3. The molecule has 1 unspecified atom stereocenters. The number of carbonyl (C=O) groups is 2. The summed E-state index contributed by atoms with van der Waals surface area (Å²) in [4.78, 5) is 29.8. The molecule has 1 fully saturated rings. The van der Waals surface area contributed by atoms with Gasteiger partial charge in [0.2, 0.25) is 21.8 Å². The number of rotatable bonds is 11. The van der Waals surface area contributed by atoms with E-state index in [4.69, 9.17) is 0 Å². The minimum Gasteiger partial charge on any atom is -0.352 e. The van der Waals surface area contributed by atoms with Crippen LogP contribution >= 0.6 is 0 Å². The van der Waals surface area contributed by atoms with Gasteiger partial charge in [0.05, 0.1) is 11.9 Å². The maximum absolute atomic E-state index is 14.3. The van der Waals surface area contributed by atoms with Crippen LogP contribution in [0.5, 0.6) is 0 Å². The molecule has 2 amide bonds. The van der Waals surface area contributed by atoms with Crippen LogP contribution in [0.15, 0.2) is 72.8 Å². The van der Waals surface area contributed by atoms with E-state index in [1.165, 1.54) is 4.31 Å². The lowest BCUT2D eigenvalue weighted by atomic mass is 10.0. The Balaban J connectivity index is 1.75. The first-order valence-electron chi connectivity index (χ1n) is 14.3. The maximum Gasteiger partial charge on any atom is 0.244 e. The Bertz CT molecular complexity index is 1450. The van der Waals surface area contributed by atoms with E-state index in [1.807, 2.05) is 93.6 Å². The van der Waals surface area contributed by atoms with E-state index in [-0.39, 0.29) is 18.5 Å². The highest BCUT2D eigenvalue weighted by molar-refractivity contribution is 7.92. The number of nitrogens with zero attached hydrogens (tertiary/aromatic N) is 2. The molecule has 7 nitrogen and oxygen atoms in total. The van der Waals surface area contributed by atoms with Crippen molar-refractivity contribution in [2.45, 2.75) is 71.5 Å². The smallest absolute Gasteiger partial charge is 0.244 e. The molecular weight excluding hydrogens is 534 g/mol. The molecule has 0 aliphatic heterocycles. The van der Waals surface area contributed by atoms with Crippen LogP contribution in [0.3, 0.4) is 0 Å². The Morgan fingerprint density at radius 2 is 1.49 bits per heavy atom. The second-order valence-corrected chi connectivity index (χ2v) is 13.1. The Morgan fingerprint density at radius 1 is 0.878 bits per heavy atom. The molecule has 0 heterocycles. The van der Waals surface area contributed by atoms with Gasteiger partial charge in [-0.3, -0.25) is 13.9 Å². The number of para-hydroxylation sites is 1. The highest BCUT2D eigenvalue weighted by Crippen LogP contribution is 2.28. The third-order valence-electron chi connectivity index (χ3n) is 7.78. The first kappa shape index (κ1) is 30.3. The second kappa shape index (κ2) is 13.3. The van der Waals surface area contributed by atoms with E-state index in [9.17, 15) is 18.0 Å². The molecule has 3 aromatic carbocycles. The molecular formula is C33H41N3O4S. The molecule has 0 spiro atoms. The molecule has 8 heteroatoms. The van der Waals surface area contributed by atoms with Crippen LogP contribution in [0.25, 0.3) is 0 Å². The zero-order valence-electron chi connectivity index (χ0n) is 24.5. The predicted octanol–water partition coefficient (Wildman–Crippen LogP) is 5.08. The van der Waals surface area contributed by atoms with Crippen LogP contribution < -0.4 is 9.62 Å². The molecule has 0 aromatic heterocycles. The highest BCUT2D eigenvalue weighted by atomic mass is 32.2. The van der Waals surface area contributed by atoms with E-state index < -0.39 is 28.5 Å². The van der Waals surface area contributed by atoms with E-state index >= 15 is 0 Å². The number of carbonyl (C=O) groups excluding carboxylic acids is 2. The molecule has 0 saturated heterocycles. The molecule has 0 bridgehead atoms. The third-order valence-corrected chi connectivity index (χ3v) is 8.89. The number of anilines is 1. The molecule has 3 aromatic rings. The van der Waals surface area contributed by atoms with E-state index in [0.717, 1.165) is 59.8 Å². The largest absolute Gasteiger partial charge is 0.352 e. The number of aryl methyl sites for hydroxylation is 3.